The molecule has 0 aromatic heterocycles. The molecule has 0 radical (unpaired) electrons. The van der Waals surface area contributed by atoms with Crippen LogP contribution < -0.4 is 5.32 Å². The van der Waals surface area contributed by atoms with Crippen LogP contribution >= 0.6 is 0 Å². The van der Waals surface area contributed by atoms with E-state index in [9.17, 15) is 35.1 Å². The molecule has 11 nitrogen and oxygen atoms in total. The highest BCUT2D eigenvalue weighted by atomic mass is 16.7. The van der Waals surface area contributed by atoms with Crippen molar-refractivity contribution in [1.29, 1.82) is 0 Å². The highest BCUT2D eigenvalue weighted by Gasteiger charge is 2.44. The van der Waals surface area contributed by atoms with E-state index in [2.05, 4.69) is 55.6 Å². The Labute approximate surface area is 548 Å². The smallest absolute Gasteiger partial charge is 0.305 e. The molecule has 0 aromatic rings. The van der Waals surface area contributed by atoms with Crippen LogP contribution in [0.5, 0.6) is 0 Å². The molecule has 1 aliphatic rings. The van der Waals surface area contributed by atoms with Gasteiger partial charge >= 0.3 is 5.97 Å². The number of rotatable bonds is 68. The molecular formula is C78H145NO10. The van der Waals surface area contributed by atoms with Crippen LogP contribution in [0.4, 0.5) is 0 Å². The SMILES string of the molecule is CCCCCCC/C=C/CC/C=C/CC/C=C/C(O)C(COC1OC(CO)C(O)C(O)C1O)NC(=O)CCCCCCCCCCCCCCCCCCC/C=C\CCCCCCCCCCCCCCCCOC(=O)CCCCCCCCCCCCC. The highest BCUT2D eigenvalue weighted by molar-refractivity contribution is 5.76. The molecule has 7 unspecified atom stereocenters. The van der Waals surface area contributed by atoms with Crippen molar-refractivity contribution in [3.8, 4) is 0 Å². The Hall–Kier alpha value is -2.38. The van der Waals surface area contributed by atoms with Crippen molar-refractivity contribution in [3.05, 3.63) is 48.6 Å². The van der Waals surface area contributed by atoms with Crippen LogP contribution in [0.1, 0.15) is 373 Å². The molecule has 1 rings (SSSR count). The van der Waals surface area contributed by atoms with Gasteiger partial charge < -0.3 is 45.1 Å². The van der Waals surface area contributed by atoms with Gasteiger partial charge in [-0.25, -0.2) is 0 Å². The standard InChI is InChI=1S/C78H145NO10/c1-3-5-7-9-11-13-15-16-38-41-45-48-52-56-60-64-71(81)70(69-88-78-77(86)76(85)75(84)72(68-80)89-78)79-73(82)65-61-57-53-49-46-42-39-36-34-32-30-28-26-24-22-20-18-17-19-21-23-25-27-29-31-33-35-37-40-43-47-51-55-59-63-67-87-74(83)66-62-58-54-50-44-14-12-10-8-6-4-2/h15-16,19,21,45,48,60,64,70-72,75-78,80-81,84-86H,3-14,17-18,20,22-44,46-47,49-59,61-63,65-69H2,1-2H3,(H,79,82)/b16-15+,21-19-,48-45+,64-60+. The second kappa shape index (κ2) is 67.1. The number of aliphatic hydroxyl groups excluding tert-OH is 5. The molecule has 0 saturated carbocycles. The molecule has 0 aliphatic carbocycles. The lowest BCUT2D eigenvalue weighted by Crippen LogP contribution is -2.60. The Morgan fingerprint density at radius 3 is 1.11 bits per heavy atom. The van der Waals surface area contributed by atoms with Crippen LogP contribution in [0.2, 0.25) is 0 Å². The predicted octanol–water partition coefficient (Wildman–Crippen LogP) is 20.3. The zero-order valence-electron chi connectivity index (χ0n) is 58.2. The minimum absolute atomic E-state index is 0.0132. The fourth-order valence-corrected chi connectivity index (χ4v) is 12.1. The molecule has 7 atom stereocenters. The number of allylic oxidation sites excluding steroid dienone is 7. The summed E-state index contributed by atoms with van der Waals surface area (Å²) in [7, 11) is 0. The fraction of sp³-hybridized carbons (Fsp3) is 0.872. The third kappa shape index (κ3) is 55.8. The number of aliphatic hydroxyl groups is 5. The van der Waals surface area contributed by atoms with Crippen molar-refractivity contribution in [1.82, 2.24) is 5.32 Å². The minimum Gasteiger partial charge on any atom is -0.466 e. The van der Waals surface area contributed by atoms with Crippen molar-refractivity contribution in [3.63, 3.8) is 0 Å². The van der Waals surface area contributed by atoms with Gasteiger partial charge in [0.25, 0.3) is 0 Å². The van der Waals surface area contributed by atoms with Crippen LogP contribution in [0.3, 0.4) is 0 Å². The third-order valence-corrected chi connectivity index (χ3v) is 18.1. The number of carbonyl (C=O) groups excluding carboxylic acids is 2. The van der Waals surface area contributed by atoms with E-state index in [1.807, 2.05) is 6.08 Å². The summed E-state index contributed by atoms with van der Waals surface area (Å²) in [6, 6.07) is -0.833. The number of carbonyl (C=O) groups is 2. The lowest BCUT2D eigenvalue weighted by atomic mass is 9.99. The van der Waals surface area contributed by atoms with Gasteiger partial charge in [0.15, 0.2) is 6.29 Å². The average Bonchev–Trinajstić information content (AvgIpc) is 2.74. The predicted molar refractivity (Wildman–Crippen MR) is 375 cm³/mol. The van der Waals surface area contributed by atoms with E-state index >= 15 is 0 Å². The molecule has 0 spiro atoms. The minimum atomic E-state index is -1.58. The van der Waals surface area contributed by atoms with Gasteiger partial charge in [-0.1, -0.05) is 326 Å². The van der Waals surface area contributed by atoms with Crippen LogP contribution in [0.25, 0.3) is 0 Å². The average molecular weight is 1260 g/mol. The van der Waals surface area contributed by atoms with Gasteiger partial charge in [-0.2, -0.15) is 0 Å². The zero-order chi connectivity index (χ0) is 64.4. The summed E-state index contributed by atoms with van der Waals surface area (Å²) in [4.78, 5) is 25.1. The Morgan fingerprint density at radius 2 is 0.730 bits per heavy atom. The van der Waals surface area contributed by atoms with Gasteiger partial charge in [0.1, 0.15) is 24.4 Å². The Bertz CT molecular complexity index is 1620. The lowest BCUT2D eigenvalue weighted by molar-refractivity contribution is -0.302. The molecule has 1 amide bonds. The van der Waals surface area contributed by atoms with Crippen molar-refractivity contribution in [2.24, 2.45) is 0 Å². The van der Waals surface area contributed by atoms with Crippen molar-refractivity contribution in [2.75, 3.05) is 19.8 Å². The molecule has 6 N–H and O–H groups in total. The van der Waals surface area contributed by atoms with E-state index in [4.69, 9.17) is 14.2 Å². The normalized spacial score (nSPS) is 17.9. The van der Waals surface area contributed by atoms with E-state index < -0.39 is 49.5 Å². The van der Waals surface area contributed by atoms with E-state index in [0.717, 1.165) is 64.2 Å². The third-order valence-electron chi connectivity index (χ3n) is 18.1. The maximum absolute atomic E-state index is 13.1. The number of esters is 1. The maximum atomic E-state index is 13.1. The zero-order valence-corrected chi connectivity index (χ0v) is 58.2. The monoisotopic (exact) mass is 1260 g/mol. The summed E-state index contributed by atoms with van der Waals surface area (Å²) in [5.74, 6) is -0.178. The summed E-state index contributed by atoms with van der Waals surface area (Å²) in [6.07, 6.45) is 78.4. The molecule has 1 aliphatic heterocycles. The number of hydrogen-bond acceptors (Lipinski definition) is 10. The molecule has 1 saturated heterocycles. The number of amides is 1. The van der Waals surface area contributed by atoms with E-state index in [1.165, 1.54) is 283 Å². The first-order valence-electron chi connectivity index (χ1n) is 38.4. The van der Waals surface area contributed by atoms with Crippen LogP contribution in [0, 0.1) is 0 Å². The first-order valence-corrected chi connectivity index (χ1v) is 38.4. The van der Waals surface area contributed by atoms with Crippen LogP contribution in [-0.2, 0) is 23.8 Å². The van der Waals surface area contributed by atoms with Crippen LogP contribution in [0.15, 0.2) is 48.6 Å². The van der Waals surface area contributed by atoms with Gasteiger partial charge in [0, 0.05) is 12.8 Å². The molecule has 11 heteroatoms. The molecule has 522 valence electrons. The van der Waals surface area contributed by atoms with Gasteiger partial charge in [0.05, 0.1) is 32.0 Å². The number of ether oxygens (including phenoxy) is 3. The molecule has 0 bridgehead atoms. The summed E-state index contributed by atoms with van der Waals surface area (Å²) < 4.78 is 16.7. The molecule has 0 aromatic carbocycles. The van der Waals surface area contributed by atoms with E-state index in [1.54, 1.807) is 6.08 Å². The van der Waals surface area contributed by atoms with Crippen LogP contribution in [-0.4, -0.2) is 100 Å². The van der Waals surface area contributed by atoms with Gasteiger partial charge in [-0.15, -0.1) is 0 Å². The maximum Gasteiger partial charge on any atom is 0.305 e. The van der Waals surface area contributed by atoms with Crippen molar-refractivity contribution in [2.45, 2.75) is 416 Å². The quantitative estimate of drug-likeness (QED) is 0.0195. The largest absolute Gasteiger partial charge is 0.466 e. The van der Waals surface area contributed by atoms with Crippen molar-refractivity contribution < 1.29 is 49.3 Å². The van der Waals surface area contributed by atoms with Crippen molar-refractivity contribution >= 4 is 11.9 Å². The summed E-state index contributed by atoms with van der Waals surface area (Å²) in [6.45, 7) is 4.35. The molecule has 1 heterocycles. The number of hydrogen-bond donors (Lipinski definition) is 6. The fourth-order valence-electron chi connectivity index (χ4n) is 12.1. The van der Waals surface area contributed by atoms with Gasteiger partial charge in [-0.05, 0) is 83.5 Å². The second-order valence-corrected chi connectivity index (χ2v) is 26.7. The topological polar surface area (TPSA) is 175 Å². The summed E-state index contributed by atoms with van der Waals surface area (Å²) in [5, 5.41) is 54.6. The number of unbranched alkanes of at least 4 members (excludes halogenated alkanes) is 48. The van der Waals surface area contributed by atoms with Gasteiger partial charge in [0.2, 0.25) is 5.91 Å². The summed E-state index contributed by atoms with van der Waals surface area (Å²) >= 11 is 0. The number of nitrogens with one attached hydrogen (secondary N) is 1. The Balaban J connectivity index is 1.95. The molecular weight excluding hydrogens is 1110 g/mol. The Morgan fingerprint density at radius 1 is 0.404 bits per heavy atom. The second-order valence-electron chi connectivity index (χ2n) is 26.7. The molecule has 89 heavy (non-hydrogen) atoms. The lowest BCUT2D eigenvalue weighted by Gasteiger charge is -2.40. The first kappa shape index (κ1) is 84.6. The molecule has 1 fully saturated rings. The summed E-state index contributed by atoms with van der Waals surface area (Å²) in [5.41, 5.74) is 0. The van der Waals surface area contributed by atoms with E-state index in [0.29, 0.717) is 19.4 Å². The highest BCUT2D eigenvalue weighted by Crippen LogP contribution is 2.23. The van der Waals surface area contributed by atoms with Gasteiger partial charge in [-0.3, -0.25) is 9.59 Å². The Kier molecular flexibility index (Phi) is 63.8. The van der Waals surface area contributed by atoms with E-state index in [-0.39, 0.29) is 18.5 Å². The first-order chi connectivity index (χ1) is 43.7.